The third-order valence-corrected chi connectivity index (χ3v) is 7.08. The van der Waals surface area contributed by atoms with E-state index in [9.17, 15) is 0 Å². The topological polar surface area (TPSA) is 36.9 Å². The van der Waals surface area contributed by atoms with Crippen LogP contribution in [-0.4, -0.2) is 14.2 Å². The molecular formula is C37H46O4. The first-order valence-electron chi connectivity index (χ1n) is 14.5. The fourth-order valence-corrected chi connectivity index (χ4v) is 4.78. The highest BCUT2D eigenvalue weighted by atomic mass is 16.5. The van der Waals surface area contributed by atoms with Crippen LogP contribution in [0.3, 0.4) is 0 Å². The Kier molecular flexibility index (Phi) is 12.1. The number of methoxy groups -OCH3 is 2. The third kappa shape index (κ3) is 9.04. The normalized spacial score (nSPS) is 10.7. The summed E-state index contributed by atoms with van der Waals surface area (Å²) < 4.78 is 22.8. The van der Waals surface area contributed by atoms with Crippen molar-refractivity contribution in [3.63, 3.8) is 0 Å². The zero-order valence-electron chi connectivity index (χ0n) is 26.0. The molecule has 4 aromatic rings. The highest BCUT2D eigenvalue weighted by Crippen LogP contribution is 2.35. The molecule has 0 unspecified atom stereocenters. The lowest BCUT2D eigenvalue weighted by Crippen LogP contribution is -2.02. The minimum atomic E-state index is 0.472. The van der Waals surface area contributed by atoms with Crippen molar-refractivity contribution in [2.45, 2.75) is 73.0 Å². The molecule has 0 radical (unpaired) electrons. The number of hydrogen-bond donors (Lipinski definition) is 0. The van der Waals surface area contributed by atoms with Gasteiger partial charge in [-0.25, -0.2) is 0 Å². The van der Waals surface area contributed by atoms with Gasteiger partial charge in [-0.2, -0.15) is 0 Å². The predicted octanol–water partition coefficient (Wildman–Crippen LogP) is 9.67. The highest BCUT2D eigenvalue weighted by Gasteiger charge is 2.14. The maximum Gasteiger partial charge on any atom is 0.161 e. The number of rotatable bonds is 11. The van der Waals surface area contributed by atoms with Crippen LogP contribution in [0.25, 0.3) is 0 Å². The van der Waals surface area contributed by atoms with Gasteiger partial charge in [-0.1, -0.05) is 95.3 Å². The number of hydrogen-bond acceptors (Lipinski definition) is 4. The van der Waals surface area contributed by atoms with Gasteiger partial charge in [0.05, 0.1) is 14.2 Å². The van der Waals surface area contributed by atoms with E-state index in [2.05, 4.69) is 90.1 Å². The molecule has 0 N–H and O–H groups in total. The van der Waals surface area contributed by atoms with Gasteiger partial charge in [-0.3, -0.25) is 0 Å². The Balaban J connectivity index is 0.000000226. The summed E-state index contributed by atoms with van der Waals surface area (Å²) >= 11 is 0. The molecule has 218 valence electrons. The summed E-state index contributed by atoms with van der Waals surface area (Å²) in [6.45, 7) is 14.2. The zero-order valence-corrected chi connectivity index (χ0v) is 26.0. The van der Waals surface area contributed by atoms with E-state index in [-0.39, 0.29) is 0 Å². The standard InChI is InChI=1S/C19H24O2.C18H22O2/c1-5-16-11-18(20-4)19(12-17(16)14(2)3)21-13-15-9-7-6-8-10-15;1-13(2)16-11-18(17(19-4)10-14(16)3)20-12-15-8-6-5-7-9-15/h6-12,14H,5,13H2,1-4H3;5-11,13H,12H2,1-4H3. The van der Waals surface area contributed by atoms with Crippen molar-refractivity contribution < 1.29 is 18.9 Å². The Hall–Kier alpha value is -3.92. The first-order valence-corrected chi connectivity index (χ1v) is 14.5. The van der Waals surface area contributed by atoms with E-state index in [1.54, 1.807) is 14.2 Å². The van der Waals surface area contributed by atoms with Crippen molar-refractivity contribution in [3.8, 4) is 23.0 Å². The average molecular weight is 555 g/mol. The molecule has 0 heterocycles. The molecule has 0 atom stereocenters. The largest absolute Gasteiger partial charge is 0.493 e. The van der Waals surface area contributed by atoms with E-state index in [1.165, 1.54) is 22.3 Å². The summed E-state index contributed by atoms with van der Waals surface area (Å²) in [6.07, 6.45) is 1.00. The third-order valence-electron chi connectivity index (χ3n) is 7.08. The molecule has 0 saturated heterocycles. The first kappa shape index (κ1) is 31.6. The Morgan fingerprint density at radius 3 is 1.41 bits per heavy atom. The van der Waals surface area contributed by atoms with Gasteiger partial charge in [0.25, 0.3) is 0 Å². The Labute approximate surface area is 247 Å². The summed E-state index contributed by atoms with van der Waals surface area (Å²) in [4.78, 5) is 0. The Morgan fingerprint density at radius 1 is 0.561 bits per heavy atom. The Morgan fingerprint density at radius 2 is 1.00 bits per heavy atom. The molecule has 0 aromatic heterocycles. The lowest BCUT2D eigenvalue weighted by atomic mass is 9.95. The second kappa shape index (κ2) is 15.8. The van der Waals surface area contributed by atoms with Gasteiger partial charge in [-0.15, -0.1) is 0 Å². The van der Waals surface area contributed by atoms with Crippen LogP contribution in [0.1, 0.15) is 79.8 Å². The highest BCUT2D eigenvalue weighted by molar-refractivity contribution is 5.49. The maximum absolute atomic E-state index is 5.98. The average Bonchev–Trinajstić information content (AvgIpc) is 2.99. The summed E-state index contributed by atoms with van der Waals surface area (Å²) in [6, 6.07) is 28.7. The molecule has 0 aliphatic rings. The monoisotopic (exact) mass is 554 g/mol. The molecule has 0 aliphatic carbocycles. The summed E-state index contributed by atoms with van der Waals surface area (Å²) in [5.74, 6) is 4.19. The van der Waals surface area contributed by atoms with Crippen molar-refractivity contribution in [3.05, 3.63) is 118 Å². The van der Waals surface area contributed by atoms with Gasteiger partial charge < -0.3 is 18.9 Å². The smallest absolute Gasteiger partial charge is 0.161 e. The number of benzene rings is 4. The van der Waals surface area contributed by atoms with Gasteiger partial charge in [0.15, 0.2) is 23.0 Å². The molecule has 4 nitrogen and oxygen atoms in total. The Bertz CT molecular complexity index is 1340. The van der Waals surface area contributed by atoms with Gasteiger partial charge in [-0.05, 0) is 82.8 Å². The molecule has 4 aromatic carbocycles. The van der Waals surface area contributed by atoms with Crippen molar-refractivity contribution in [2.75, 3.05) is 14.2 Å². The van der Waals surface area contributed by atoms with Gasteiger partial charge in [0.2, 0.25) is 0 Å². The molecular weight excluding hydrogens is 508 g/mol. The van der Waals surface area contributed by atoms with E-state index < -0.39 is 0 Å². The lowest BCUT2D eigenvalue weighted by molar-refractivity contribution is 0.284. The second-order valence-electron chi connectivity index (χ2n) is 10.8. The van der Waals surface area contributed by atoms with Crippen molar-refractivity contribution >= 4 is 0 Å². The van der Waals surface area contributed by atoms with Crippen molar-refractivity contribution in [1.29, 1.82) is 0 Å². The van der Waals surface area contributed by atoms with Crippen LogP contribution in [0.15, 0.2) is 84.9 Å². The molecule has 0 aliphatic heterocycles. The molecule has 0 amide bonds. The maximum atomic E-state index is 5.98. The molecule has 0 saturated carbocycles. The first-order chi connectivity index (χ1) is 19.8. The van der Waals surface area contributed by atoms with Gasteiger partial charge in [0, 0.05) is 0 Å². The summed E-state index contributed by atoms with van der Waals surface area (Å²) in [7, 11) is 3.37. The molecule has 41 heavy (non-hydrogen) atoms. The van der Waals surface area contributed by atoms with Crippen LogP contribution >= 0.6 is 0 Å². The van der Waals surface area contributed by atoms with Gasteiger partial charge in [0.1, 0.15) is 13.2 Å². The van der Waals surface area contributed by atoms with Crippen LogP contribution in [0.4, 0.5) is 0 Å². The van der Waals surface area contributed by atoms with Crippen molar-refractivity contribution in [2.24, 2.45) is 0 Å². The van der Waals surface area contributed by atoms with Crippen molar-refractivity contribution in [1.82, 2.24) is 0 Å². The van der Waals surface area contributed by atoms with E-state index in [1.807, 2.05) is 36.4 Å². The van der Waals surface area contributed by atoms with Crippen LogP contribution in [-0.2, 0) is 19.6 Å². The van der Waals surface area contributed by atoms with E-state index in [0.717, 1.165) is 40.5 Å². The minimum absolute atomic E-state index is 0.472. The summed E-state index contributed by atoms with van der Waals surface area (Å²) in [5.41, 5.74) is 7.51. The molecule has 0 spiro atoms. The van der Waals surface area contributed by atoms with E-state index >= 15 is 0 Å². The quantitative estimate of drug-likeness (QED) is 0.185. The molecule has 0 bridgehead atoms. The zero-order chi connectivity index (χ0) is 29.8. The lowest BCUT2D eigenvalue weighted by Gasteiger charge is -2.17. The SMILES string of the molecule is CCc1cc(OC)c(OCc2ccccc2)cc1C(C)C.COc1cc(C)c(C(C)C)cc1OCc1ccccc1. The fraction of sp³-hybridized carbons (Fsp3) is 0.351. The molecule has 0 fully saturated rings. The minimum Gasteiger partial charge on any atom is -0.493 e. The second-order valence-corrected chi connectivity index (χ2v) is 10.8. The van der Waals surface area contributed by atoms with Crippen LogP contribution < -0.4 is 18.9 Å². The van der Waals surface area contributed by atoms with E-state index in [4.69, 9.17) is 18.9 Å². The number of aryl methyl sites for hydroxylation is 2. The molecule has 4 heteroatoms. The summed E-state index contributed by atoms with van der Waals surface area (Å²) in [5, 5.41) is 0. The fourth-order valence-electron chi connectivity index (χ4n) is 4.78. The van der Waals surface area contributed by atoms with Crippen LogP contribution in [0.5, 0.6) is 23.0 Å². The van der Waals surface area contributed by atoms with E-state index in [0.29, 0.717) is 25.0 Å². The van der Waals surface area contributed by atoms with Crippen LogP contribution in [0.2, 0.25) is 0 Å². The van der Waals surface area contributed by atoms with Gasteiger partial charge >= 0.3 is 0 Å². The van der Waals surface area contributed by atoms with Crippen LogP contribution in [0, 0.1) is 6.92 Å². The predicted molar refractivity (Wildman–Crippen MR) is 170 cm³/mol. The molecule has 4 rings (SSSR count). The number of ether oxygens (including phenoxy) is 4.